The van der Waals surface area contributed by atoms with Crippen molar-refractivity contribution in [1.82, 2.24) is 15.1 Å². The topological polar surface area (TPSA) is 29.9 Å². The lowest BCUT2D eigenvalue weighted by atomic mass is 10.0. The summed E-state index contributed by atoms with van der Waals surface area (Å²) in [5.74, 6) is 0.761. The molecule has 0 aliphatic carbocycles. The Labute approximate surface area is 92.9 Å². The second-order valence-corrected chi connectivity index (χ2v) is 3.99. The molecule has 1 aromatic rings. The first-order valence-corrected chi connectivity index (χ1v) is 6.03. The minimum absolute atomic E-state index is 0.761. The van der Waals surface area contributed by atoms with Gasteiger partial charge in [0.25, 0.3) is 0 Å². The van der Waals surface area contributed by atoms with E-state index in [9.17, 15) is 0 Å². The Hall–Kier alpha value is -0.830. The summed E-state index contributed by atoms with van der Waals surface area (Å²) in [6.45, 7) is 9.54. The average molecular weight is 209 g/mol. The van der Waals surface area contributed by atoms with Crippen LogP contribution in [0.5, 0.6) is 0 Å². The molecule has 0 aromatic carbocycles. The lowest BCUT2D eigenvalue weighted by Gasteiger charge is -2.11. The second-order valence-electron chi connectivity index (χ2n) is 3.99. The molecule has 0 saturated carbocycles. The SMILES string of the molecule is CCNCc1ccn(CC(CC)CC)n1. The van der Waals surface area contributed by atoms with Crippen LogP contribution in [-0.4, -0.2) is 16.3 Å². The van der Waals surface area contributed by atoms with Crippen LogP contribution >= 0.6 is 0 Å². The molecule has 0 saturated heterocycles. The highest BCUT2D eigenvalue weighted by molar-refractivity contribution is 4.98. The van der Waals surface area contributed by atoms with E-state index >= 15 is 0 Å². The Morgan fingerprint density at radius 1 is 1.33 bits per heavy atom. The fourth-order valence-corrected chi connectivity index (χ4v) is 1.66. The van der Waals surface area contributed by atoms with E-state index in [0.29, 0.717) is 0 Å². The van der Waals surface area contributed by atoms with Crippen molar-refractivity contribution >= 4 is 0 Å². The van der Waals surface area contributed by atoms with Crippen LogP contribution in [0.15, 0.2) is 12.3 Å². The summed E-state index contributed by atoms with van der Waals surface area (Å²) in [5, 5.41) is 7.82. The van der Waals surface area contributed by atoms with Crippen molar-refractivity contribution < 1.29 is 0 Å². The van der Waals surface area contributed by atoms with E-state index < -0.39 is 0 Å². The number of rotatable bonds is 7. The lowest BCUT2D eigenvalue weighted by molar-refractivity contribution is 0.394. The molecular weight excluding hydrogens is 186 g/mol. The third kappa shape index (κ3) is 4.04. The van der Waals surface area contributed by atoms with Crippen LogP contribution in [0.4, 0.5) is 0 Å². The Morgan fingerprint density at radius 2 is 2.07 bits per heavy atom. The molecule has 3 nitrogen and oxygen atoms in total. The third-order valence-electron chi connectivity index (χ3n) is 2.85. The molecule has 0 bridgehead atoms. The first kappa shape index (κ1) is 12.2. The Morgan fingerprint density at radius 3 is 2.67 bits per heavy atom. The molecule has 0 aliphatic heterocycles. The highest BCUT2D eigenvalue weighted by atomic mass is 15.3. The first-order chi connectivity index (χ1) is 7.30. The quantitative estimate of drug-likeness (QED) is 0.747. The van der Waals surface area contributed by atoms with Crippen molar-refractivity contribution in [1.29, 1.82) is 0 Å². The Bertz CT molecular complexity index is 264. The minimum Gasteiger partial charge on any atom is -0.311 e. The molecule has 0 radical (unpaired) electrons. The zero-order valence-corrected chi connectivity index (χ0v) is 10.2. The van der Waals surface area contributed by atoms with Crippen molar-refractivity contribution in [2.24, 2.45) is 5.92 Å². The van der Waals surface area contributed by atoms with Gasteiger partial charge in [0.2, 0.25) is 0 Å². The summed E-state index contributed by atoms with van der Waals surface area (Å²) >= 11 is 0. The van der Waals surface area contributed by atoms with Crippen molar-refractivity contribution in [3.8, 4) is 0 Å². The lowest BCUT2D eigenvalue weighted by Crippen LogP contribution is -2.14. The number of aromatic nitrogens is 2. The van der Waals surface area contributed by atoms with Gasteiger partial charge in [0.05, 0.1) is 5.69 Å². The normalized spacial score (nSPS) is 11.2. The minimum atomic E-state index is 0.761. The molecule has 0 spiro atoms. The zero-order chi connectivity index (χ0) is 11.1. The molecule has 1 rings (SSSR count). The predicted molar refractivity (Wildman–Crippen MR) is 63.7 cm³/mol. The maximum Gasteiger partial charge on any atom is 0.0762 e. The van der Waals surface area contributed by atoms with Crippen LogP contribution in [0, 0.1) is 5.92 Å². The maximum absolute atomic E-state index is 4.54. The van der Waals surface area contributed by atoms with Crippen LogP contribution in [0.3, 0.4) is 0 Å². The highest BCUT2D eigenvalue weighted by Crippen LogP contribution is 2.10. The second kappa shape index (κ2) is 6.62. The molecule has 3 heteroatoms. The summed E-state index contributed by atoms with van der Waals surface area (Å²) < 4.78 is 2.07. The fraction of sp³-hybridized carbons (Fsp3) is 0.750. The molecule has 0 unspecified atom stereocenters. The van der Waals surface area contributed by atoms with Crippen molar-refractivity contribution in [2.75, 3.05) is 6.54 Å². The molecule has 15 heavy (non-hydrogen) atoms. The zero-order valence-electron chi connectivity index (χ0n) is 10.2. The molecule has 0 atom stereocenters. The highest BCUT2D eigenvalue weighted by Gasteiger charge is 2.05. The van der Waals surface area contributed by atoms with Gasteiger partial charge in [0.15, 0.2) is 0 Å². The van der Waals surface area contributed by atoms with Crippen LogP contribution in [0.2, 0.25) is 0 Å². The van der Waals surface area contributed by atoms with Crippen LogP contribution in [0.1, 0.15) is 39.3 Å². The first-order valence-electron chi connectivity index (χ1n) is 6.03. The maximum atomic E-state index is 4.54. The number of hydrogen-bond donors (Lipinski definition) is 1. The Kier molecular flexibility index (Phi) is 5.40. The van der Waals surface area contributed by atoms with E-state index in [1.54, 1.807) is 0 Å². The van der Waals surface area contributed by atoms with E-state index in [1.807, 2.05) is 0 Å². The van der Waals surface area contributed by atoms with Crippen LogP contribution in [0.25, 0.3) is 0 Å². The van der Waals surface area contributed by atoms with Gasteiger partial charge in [0, 0.05) is 19.3 Å². The van der Waals surface area contributed by atoms with E-state index in [0.717, 1.165) is 31.2 Å². The van der Waals surface area contributed by atoms with Crippen molar-refractivity contribution in [2.45, 2.75) is 46.7 Å². The fourth-order valence-electron chi connectivity index (χ4n) is 1.66. The smallest absolute Gasteiger partial charge is 0.0762 e. The average Bonchev–Trinajstić information content (AvgIpc) is 2.70. The molecule has 1 heterocycles. The van der Waals surface area contributed by atoms with Gasteiger partial charge in [-0.1, -0.05) is 33.6 Å². The van der Waals surface area contributed by atoms with Crippen LogP contribution < -0.4 is 5.32 Å². The van der Waals surface area contributed by atoms with Gasteiger partial charge in [-0.3, -0.25) is 4.68 Å². The van der Waals surface area contributed by atoms with E-state index in [2.05, 4.69) is 48.1 Å². The molecule has 1 aromatic heterocycles. The van der Waals surface area contributed by atoms with E-state index in [4.69, 9.17) is 0 Å². The Balaban J connectivity index is 2.44. The summed E-state index contributed by atoms with van der Waals surface area (Å²) in [4.78, 5) is 0. The predicted octanol–water partition coefficient (Wildman–Crippen LogP) is 2.43. The van der Waals surface area contributed by atoms with Crippen molar-refractivity contribution in [3.63, 3.8) is 0 Å². The summed E-state index contributed by atoms with van der Waals surface area (Å²) in [6, 6.07) is 2.10. The number of hydrogen-bond acceptors (Lipinski definition) is 2. The van der Waals surface area contributed by atoms with Gasteiger partial charge >= 0.3 is 0 Å². The van der Waals surface area contributed by atoms with Gasteiger partial charge in [-0.2, -0.15) is 5.10 Å². The van der Waals surface area contributed by atoms with E-state index in [1.165, 1.54) is 12.8 Å². The van der Waals surface area contributed by atoms with Crippen LogP contribution in [-0.2, 0) is 13.1 Å². The summed E-state index contributed by atoms with van der Waals surface area (Å²) in [6.07, 6.45) is 4.56. The number of nitrogens with zero attached hydrogens (tertiary/aromatic N) is 2. The standard InChI is InChI=1S/C12H23N3/c1-4-11(5-2)10-15-8-7-12(14-15)9-13-6-3/h7-8,11,13H,4-6,9-10H2,1-3H3. The van der Waals surface area contributed by atoms with Gasteiger partial charge in [-0.05, 0) is 18.5 Å². The number of nitrogens with one attached hydrogen (secondary N) is 1. The molecule has 1 N–H and O–H groups in total. The monoisotopic (exact) mass is 209 g/mol. The van der Waals surface area contributed by atoms with Gasteiger partial charge < -0.3 is 5.32 Å². The molecule has 0 aliphatic rings. The van der Waals surface area contributed by atoms with Gasteiger partial charge in [-0.15, -0.1) is 0 Å². The molecule has 0 amide bonds. The summed E-state index contributed by atoms with van der Waals surface area (Å²) in [5.41, 5.74) is 1.14. The third-order valence-corrected chi connectivity index (χ3v) is 2.85. The van der Waals surface area contributed by atoms with E-state index in [-0.39, 0.29) is 0 Å². The largest absolute Gasteiger partial charge is 0.311 e. The summed E-state index contributed by atoms with van der Waals surface area (Å²) in [7, 11) is 0. The molecule has 0 fully saturated rings. The molecular formula is C12H23N3. The van der Waals surface area contributed by atoms with Gasteiger partial charge in [0.1, 0.15) is 0 Å². The van der Waals surface area contributed by atoms with Gasteiger partial charge in [-0.25, -0.2) is 0 Å². The molecule has 86 valence electrons. The van der Waals surface area contributed by atoms with Crippen molar-refractivity contribution in [3.05, 3.63) is 18.0 Å².